The van der Waals surface area contributed by atoms with Gasteiger partial charge in [-0.1, -0.05) is 35.9 Å². The van der Waals surface area contributed by atoms with Gasteiger partial charge in [-0.25, -0.2) is 9.07 Å². The molecular weight excluding hydrogens is 291 g/mol. The Morgan fingerprint density at radius 3 is 2.52 bits per heavy atom. The SMILES string of the molecule is O=C(c1c(F)cccc1Cl)c1ccnn1-c1ccccc1. The van der Waals surface area contributed by atoms with Crippen LogP contribution < -0.4 is 0 Å². The summed E-state index contributed by atoms with van der Waals surface area (Å²) in [4.78, 5) is 12.6. The van der Waals surface area contributed by atoms with Crippen LogP contribution in [0.3, 0.4) is 0 Å². The quantitative estimate of drug-likeness (QED) is 0.688. The molecule has 1 heterocycles. The molecule has 1 aromatic heterocycles. The molecule has 0 aliphatic carbocycles. The van der Waals surface area contributed by atoms with Gasteiger partial charge in [0.2, 0.25) is 5.78 Å². The number of para-hydroxylation sites is 1. The average molecular weight is 301 g/mol. The molecule has 0 bridgehead atoms. The Bertz CT molecular complexity index is 779. The van der Waals surface area contributed by atoms with Gasteiger partial charge in [0.15, 0.2) is 0 Å². The van der Waals surface area contributed by atoms with E-state index in [1.807, 2.05) is 30.3 Å². The van der Waals surface area contributed by atoms with E-state index in [1.54, 1.807) is 0 Å². The molecule has 0 N–H and O–H groups in total. The fraction of sp³-hybridized carbons (Fsp3) is 0. The van der Waals surface area contributed by atoms with E-state index in [-0.39, 0.29) is 16.3 Å². The lowest BCUT2D eigenvalue weighted by atomic mass is 10.1. The molecule has 0 saturated heterocycles. The van der Waals surface area contributed by atoms with Gasteiger partial charge in [0, 0.05) is 0 Å². The van der Waals surface area contributed by atoms with Crippen LogP contribution >= 0.6 is 11.6 Å². The summed E-state index contributed by atoms with van der Waals surface area (Å²) in [5.41, 5.74) is 0.836. The molecule has 3 nitrogen and oxygen atoms in total. The summed E-state index contributed by atoms with van der Waals surface area (Å²) >= 11 is 5.95. The third-order valence-corrected chi connectivity index (χ3v) is 3.38. The van der Waals surface area contributed by atoms with Gasteiger partial charge in [-0.15, -0.1) is 0 Å². The Balaban J connectivity index is 2.11. The number of ketones is 1. The van der Waals surface area contributed by atoms with E-state index in [1.165, 1.54) is 35.1 Å². The summed E-state index contributed by atoms with van der Waals surface area (Å²) in [5, 5.41) is 4.21. The van der Waals surface area contributed by atoms with Crippen LogP contribution in [0.4, 0.5) is 4.39 Å². The summed E-state index contributed by atoms with van der Waals surface area (Å²) in [5.74, 6) is -1.15. The van der Waals surface area contributed by atoms with Crippen molar-refractivity contribution in [1.29, 1.82) is 0 Å². The third-order valence-electron chi connectivity index (χ3n) is 3.07. The third kappa shape index (κ3) is 2.45. The number of benzene rings is 2. The smallest absolute Gasteiger partial charge is 0.215 e. The van der Waals surface area contributed by atoms with E-state index in [4.69, 9.17) is 11.6 Å². The molecule has 0 atom stereocenters. The Labute approximate surface area is 125 Å². The molecule has 0 spiro atoms. The van der Waals surface area contributed by atoms with E-state index < -0.39 is 11.6 Å². The maximum atomic E-state index is 13.9. The van der Waals surface area contributed by atoms with Gasteiger partial charge >= 0.3 is 0 Å². The molecule has 0 aliphatic rings. The van der Waals surface area contributed by atoms with Crippen molar-refractivity contribution < 1.29 is 9.18 Å². The lowest BCUT2D eigenvalue weighted by molar-refractivity contribution is 0.102. The summed E-state index contributed by atoms with van der Waals surface area (Å²) in [6.07, 6.45) is 1.50. The highest BCUT2D eigenvalue weighted by molar-refractivity contribution is 6.34. The lowest BCUT2D eigenvalue weighted by Crippen LogP contribution is -2.12. The Hall–Kier alpha value is -2.46. The van der Waals surface area contributed by atoms with E-state index >= 15 is 0 Å². The summed E-state index contributed by atoms with van der Waals surface area (Å²) < 4.78 is 15.4. The number of nitrogens with zero attached hydrogens (tertiary/aromatic N) is 2. The normalized spacial score (nSPS) is 10.6. The van der Waals surface area contributed by atoms with Gasteiger partial charge in [-0.3, -0.25) is 4.79 Å². The van der Waals surface area contributed by atoms with Crippen molar-refractivity contribution in [3.63, 3.8) is 0 Å². The highest BCUT2D eigenvalue weighted by Crippen LogP contribution is 2.23. The molecule has 3 rings (SSSR count). The Morgan fingerprint density at radius 1 is 1.05 bits per heavy atom. The molecule has 0 unspecified atom stereocenters. The van der Waals surface area contributed by atoms with E-state index in [2.05, 4.69) is 5.10 Å². The first-order valence-corrected chi connectivity index (χ1v) is 6.64. The summed E-state index contributed by atoms with van der Waals surface area (Å²) in [7, 11) is 0. The molecule has 0 amide bonds. The van der Waals surface area contributed by atoms with Crippen molar-refractivity contribution in [1.82, 2.24) is 9.78 Å². The maximum Gasteiger partial charge on any atom is 0.215 e. The molecule has 3 aromatic rings. The van der Waals surface area contributed by atoms with Crippen LogP contribution in [0.25, 0.3) is 5.69 Å². The molecule has 0 aliphatic heterocycles. The summed E-state index contributed by atoms with van der Waals surface area (Å²) in [6, 6.07) is 14.9. The van der Waals surface area contributed by atoms with Gasteiger partial charge < -0.3 is 0 Å². The average Bonchev–Trinajstić information content (AvgIpc) is 2.97. The van der Waals surface area contributed by atoms with Gasteiger partial charge in [0.25, 0.3) is 0 Å². The van der Waals surface area contributed by atoms with E-state index in [0.29, 0.717) is 0 Å². The van der Waals surface area contributed by atoms with Crippen molar-refractivity contribution in [3.05, 3.63) is 82.9 Å². The lowest BCUT2D eigenvalue weighted by Gasteiger charge is -2.08. The highest BCUT2D eigenvalue weighted by Gasteiger charge is 2.21. The van der Waals surface area contributed by atoms with Crippen LogP contribution in [0.15, 0.2) is 60.8 Å². The molecule has 0 saturated carbocycles. The minimum Gasteiger partial charge on any atom is -0.287 e. The second-order valence-corrected chi connectivity index (χ2v) is 4.80. The predicted molar refractivity (Wildman–Crippen MR) is 78.4 cm³/mol. The molecule has 0 fully saturated rings. The Morgan fingerprint density at radius 2 is 1.81 bits per heavy atom. The van der Waals surface area contributed by atoms with Gasteiger partial charge in [-0.05, 0) is 30.3 Å². The monoisotopic (exact) mass is 300 g/mol. The van der Waals surface area contributed by atoms with Crippen LogP contribution in [0.5, 0.6) is 0 Å². The van der Waals surface area contributed by atoms with Crippen molar-refractivity contribution in [2.24, 2.45) is 0 Å². The molecular formula is C16H10ClFN2O. The number of halogens is 2. The first-order valence-electron chi connectivity index (χ1n) is 6.26. The zero-order chi connectivity index (χ0) is 14.8. The van der Waals surface area contributed by atoms with Crippen molar-refractivity contribution in [2.75, 3.05) is 0 Å². The van der Waals surface area contributed by atoms with Crippen LogP contribution in [0.2, 0.25) is 5.02 Å². The fourth-order valence-corrected chi connectivity index (χ4v) is 2.34. The summed E-state index contributed by atoms with van der Waals surface area (Å²) in [6.45, 7) is 0. The van der Waals surface area contributed by atoms with Crippen molar-refractivity contribution >= 4 is 17.4 Å². The van der Waals surface area contributed by atoms with E-state index in [0.717, 1.165) is 5.69 Å². The molecule has 21 heavy (non-hydrogen) atoms. The second-order valence-electron chi connectivity index (χ2n) is 4.39. The Kier molecular flexibility index (Phi) is 3.54. The number of carbonyl (C=O) groups excluding carboxylic acids is 1. The van der Waals surface area contributed by atoms with Gasteiger partial charge in [-0.2, -0.15) is 5.10 Å². The van der Waals surface area contributed by atoms with Crippen LogP contribution in [0, 0.1) is 5.82 Å². The highest BCUT2D eigenvalue weighted by atomic mass is 35.5. The fourth-order valence-electron chi connectivity index (χ4n) is 2.09. The maximum absolute atomic E-state index is 13.9. The predicted octanol–water partition coefficient (Wildman–Crippen LogP) is 3.90. The first-order chi connectivity index (χ1) is 10.2. The van der Waals surface area contributed by atoms with Crippen LogP contribution in [-0.4, -0.2) is 15.6 Å². The molecule has 104 valence electrons. The number of rotatable bonds is 3. The minimum absolute atomic E-state index is 0.0841. The molecule has 0 radical (unpaired) electrons. The second kappa shape index (κ2) is 5.50. The number of carbonyl (C=O) groups is 1. The zero-order valence-corrected chi connectivity index (χ0v) is 11.6. The first kappa shape index (κ1) is 13.5. The largest absolute Gasteiger partial charge is 0.287 e. The minimum atomic E-state index is -0.645. The standard InChI is InChI=1S/C16H10ClFN2O/c17-12-7-4-8-13(18)15(12)16(21)14-9-10-19-20(14)11-5-2-1-3-6-11/h1-10H. The number of hydrogen-bond donors (Lipinski definition) is 0. The zero-order valence-electron chi connectivity index (χ0n) is 10.8. The van der Waals surface area contributed by atoms with E-state index in [9.17, 15) is 9.18 Å². The van der Waals surface area contributed by atoms with Gasteiger partial charge in [0.1, 0.15) is 11.5 Å². The number of aromatic nitrogens is 2. The van der Waals surface area contributed by atoms with Crippen molar-refractivity contribution in [3.8, 4) is 5.69 Å². The number of hydrogen-bond acceptors (Lipinski definition) is 2. The topological polar surface area (TPSA) is 34.9 Å². The van der Waals surface area contributed by atoms with Crippen LogP contribution in [-0.2, 0) is 0 Å². The molecule has 2 aromatic carbocycles. The molecule has 5 heteroatoms. The van der Waals surface area contributed by atoms with Crippen LogP contribution in [0.1, 0.15) is 16.1 Å². The van der Waals surface area contributed by atoms with Gasteiger partial charge in [0.05, 0.1) is 22.5 Å². The van der Waals surface area contributed by atoms with Crippen molar-refractivity contribution in [2.45, 2.75) is 0 Å².